The van der Waals surface area contributed by atoms with Crippen LogP contribution in [0, 0.1) is 0 Å². The smallest absolute Gasteiger partial charge is 0.258 e. The van der Waals surface area contributed by atoms with Crippen molar-refractivity contribution in [2.45, 2.75) is 19.8 Å². The van der Waals surface area contributed by atoms with Gasteiger partial charge in [-0.3, -0.25) is 14.4 Å². The van der Waals surface area contributed by atoms with Gasteiger partial charge in [0.25, 0.3) is 5.91 Å². The fraction of sp³-hybridized carbons (Fsp3) is 0.192. The highest BCUT2D eigenvalue weighted by molar-refractivity contribution is 6.06. The first kappa shape index (κ1) is 23.5. The monoisotopic (exact) mass is 444 g/mol. The molecule has 3 amide bonds. The third-order valence-corrected chi connectivity index (χ3v) is 4.96. The Hall–Kier alpha value is -4.13. The van der Waals surface area contributed by atoms with Crippen LogP contribution in [0.1, 0.15) is 30.1 Å². The van der Waals surface area contributed by atoms with E-state index < -0.39 is 0 Å². The molecular weight excluding hydrogens is 416 g/mol. The highest BCUT2D eigenvalue weighted by Gasteiger charge is 2.13. The van der Waals surface area contributed by atoms with E-state index in [0.717, 1.165) is 23.5 Å². The first-order valence-electron chi connectivity index (χ1n) is 10.8. The molecule has 0 aliphatic rings. The number of amides is 3. The molecule has 0 spiro atoms. The van der Waals surface area contributed by atoms with Crippen LogP contribution in [0.2, 0.25) is 0 Å². The van der Waals surface area contributed by atoms with Crippen molar-refractivity contribution in [1.29, 1.82) is 0 Å². The van der Waals surface area contributed by atoms with Gasteiger partial charge in [-0.15, -0.1) is 0 Å². The summed E-state index contributed by atoms with van der Waals surface area (Å²) in [6.45, 7) is 2.04. The molecule has 0 aliphatic carbocycles. The second-order valence-electron chi connectivity index (χ2n) is 7.55. The SMILES string of the molecule is CCCC(=O)Nc1ccc(NCC(=O)Nc2ccc(C(=O)N(C)c3ccccc3)cc2)cc1. The number of nitrogens with one attached hydrogen (secondary N) is 3. The molecule has 3 rings (SSSR count). The molecule has 33 heavy (non-hydrogen) atoms. The largest absolute Gasteiger partial charge is 0.376 e. The van der Waals surface area contributed by atoms with Crippen LogP contribution in [0.3, 0.4) is 0 Å². The molecular formula is C26H28N4O3. The van der Waals surface area contributed by atoms with Crippen LogP contribution in [0.15, 0.2) is 78.9 Å². The van der Waals surface area contributed by atoms with Crippen molar-refractivity contribution < 1.29 is 14.4 Å². The van der Waals surface area contributed by atoms with Crippen molar-refractivity contribution in [3.8, 4) is 0 Å². The van der Waals surface area contributed by atoms with Crippen molar-refractivity contribution in [2.75, 3.05) is 34.4 Å². The van der Waals surface area contributed by atoms with Gasteiger partial charge in [-0.2, -0.15) is 0 Å². The van der Waals surface area contributed by atoms with E-state index in [1.165, 1.54) is 0 Å². The van der Waals surface area contributed by atoms with Crippen LogP contribution < -0.4 is 20.9 Å². The molecule has 3 N–H and O–H groups in total. The molecule has 0 heterocycles. The Morgan fingerprint density at radius 2 is 1.27 bits per heavy atom. The van der Waals surface area contributed by atoms with Gasteiger partial charge in [0, 0.05) is 41.8 Å². The van der Waals surface area contributed by atoms with Gasteiger partial charge in [0.05, 0.1) is 6.54 Å². The summed E-state index contributed by atoms with van der Waals surface area (Å²) < 4.78 is 0. The lowest BCUT2D eigenvalue weighted by molar-refractivity contribution is -0.116. The zero-order valence-electron chi connectivity index (χ0n) is 18.8. The lowest BCUT2D eigenvalue weighted by atomic mass is 10.1. The van der Waals surface area contributed by atoms with Gasteiger partial charge < -0.3 is 20.9 Å². The van der Waals surface area contributed by atoms with E-state index >= 15 is 0 Å². The minimum Gasteiger partial charge on any atom is -0.376 e. The van der Waals surface area contributed by atoms with E-state index in [4.69, 9.17) is 0 Å². The Morgan fingerprint density at radius 1 is 0.727 bits per heavy atom. The maximum absolute atomic E-state index is 12.7. The van der Waals surface area contributed by atoms with E-state index in [9.17, 15) is 14.4 Å². The van der Waals surface area contributed by atoms with E-state index in [0.29, 0.717) is 17.7 Å². The molecule has 7 heteroatoms. The number of hydrogen-bond acceptors (Lipinski definition) is 4. The van der Waals surface area contributed by atoms with Crippen LogP contribution >= 0.6 is 0 Å². The van der Waals surface area contributed by atoms with Gasteiger partial charge in [0.1, 0.15) is 0 Å². The first-order valence-corrected chi connectivity index (χ1v) is 10.8. The number of carbonyl (C=O) groups excluding carboxylic acids is 3. The van der Waals surface area contributed by atoms with Crippen molar-refractivity contribution in [3.05, 3.63) is 84.4 Å². The number of rotatable bonds is 9. The van der Waals surface area contributed by atoms with Crippen molar-refractivity contribution in [1.82, 2.24) is 0 Å². The average molecular weight is 445 g/mol. The number of carbonyl (C=O) groups is 3. The van der Waals surface area contributed by atoms with Gasteiger partial charge >= 0.3 is 0 Å². The number of benzene rings is 3. The van der Waals surface area contributed by atoms with Crippen LogP contribution in [0.25, 0.3) is 0 Å². The average Bonchev–Trinajstić information content (AvgIpc) is 2.84. The summed E-state index contributed by atoms with van der Waals surface area (Å²) >= 11 is 0. The molecule has 0 saturated carbocycles. The van der Waals surface area contributed by atoms with Crippen LogP contribution in [-0.4, -0.2) is 31.3 Å². The summed E-state index contributed by atoms with van der Waals surface area (Å²) in [5.74, 6) is -0.358. The standard InChI is InChI=1S/C26H28N4O3/c1-3-7-24(31)28-22-16-14-20(15-17-22)27-18-25(32)29-21-12-10-19(11-13-21)26(33)30(2)23-8-5-4-6-9-23/h4-6,8-17,27H,3,7,18H2,1-2H3,(H,28,31)(H,29,32). The molecule has 0 saturated heterocycles. The van der Waals surface area contributed by atoms with E-state index in [1.54, 1.807) is 60.5 Å². The lowest BCUT2D eigenvalue weighted by Crippen LogP contribution is -2.26. The third kappa shape index (κ3) is 6.93. The topological polar surface area (TPSA) is 90.5 Å². The molecule has 3 aromatic carbocycles. The van der Waals surface area contributed by atoms with Crippen LogP contribution in [0.5, 0.6) is 0 Å². The van der Waals surface area contributed by atoms with Crippen molar-refractivity contribution in [3.63, 3.8) is 0 Å². The second kappa shape index (κ2) is 11.5. The molecule has 0 aromatic heterocycles. The van der Waals surface area contributed by atoms with E-state index in [2.05, 4.69) is 16.0 Å². The zero-order valence-corrected chi connectivity index (χ0v) is 18.8. The molecule has 7 nitrogen and oxygen atoms in total. The van der Waals surface area contributed by atoms with Gasteiger partial charge in [0.2, 0.25) is 11.8 Å². The summed E-state index contributed by atoms with van der Waals surface area (Å²) in [6, 6.07) is 23.4. The Morgan fingerprint density at radius 3 is 1.88 bits per heavy atom. The summed E-state index contributed by atoms with van der Waals surface area (Å²) in [6.07, 6.45) is 1.28. The summed E-state index contributed by atoms with van der Waals surface area (Å²) in [5, 5.41) is 8.68. The van der Waals surface area contributed by atoms with Gasteiger partial charge in [-0.1, -0.05) is 25.1 Å². The Bertz CT molecular complexity index is 1080. The predicted molar refractivity (Wildman–Crippen MR) is 133 cm³/mol. The minimum absolute atomic E-state index is 0.0167. The van der Waals surface area contributed by atoms with Crippen LogP contribution in [0.4, 0.5) is 22.7 Å². The number of nitrogens with zero attached hydrogens (tertiary/aromatic N) is 1. The van der Waals surface area contributed by atoms with Gasteiger partial charge in [0.15, 0.2) is 0 Å². The Kier molecular flexibility index (Phi) is 8.18. The normalized spacial score (nSPS) is 10.2. The molecule has 0 bridgehead atoms. The molecule has 0 atom stereocenters. The quantitative estimate of drug-likeness (QED) is 0.444. The molecule has 170 valence electrons. The highest BCUT2D eigenvalue weighted by Crippen LogP contribution is 2.17. The molecule has 0 radical (unpaired) electrons. The summed E-state index contributed by atoms with van der Waals surface area (Å²) in [5.41, 5.74) is 3.43. The molecule has 0 unspecified atom stereocenters. The predicted octanol–water partition coefficient (Wildman–Crippen LogP) is 4.75. The first-order chi connectivity index (χ1) is 16.0. The van der Waals surface area contributed by atoms with E-state index in [1.807, 2.05) is 37.3 Å². The van der Waals surface area contributed by atoms with Gasteiger partial charge in [-0.05, 0) is 67.1 Å². The Labute approximate surface area is 193 Å². The number of para-hydroxylation sites is 1. The number of anilines is 4. The molecule has 0 aliphatic heterocycles. The van der Waals surface area contributed by atoms with Crippen molar-refractivity contribution in [2.24, 2.45) is 0 Å². The van der Waals surface area contributed by atoms with E-state index in [-0.39, 0.29) is 24.3 Å². The highest BCUT2D eigenvalue weighted by atomic mass is 16.2. The maximum Gasteiger partial charge on any atom is 0.258 e. The van der Waals surface area contributed by atoms with Crippen molar-refractivity contribution >= 4 is 40.5 Å². The lowest BCUT2D eigenvalue weighted by Gasteiger charge is -2.17. The number of hydrogen-bond donors (Lipinski definition) is 3. The fourth-order valence-corrected chi connectivity index (χ4v) is 3.17. The van der Waals surface area contributed by atoms with Gasteiger partial charge in [-0.25, -0.2) is 0 Å². The molecule has 3 aromatic rings. The summed E-state index contributed by atoms with van der Waals surface area (Å²) in [4.78, 5) is 38.2. The Balaban J connectivity index is 1.48. The zero-order chi connectivity index (χ0) is 23.6. The molecule has 0 fully saturated rings. The summed E-state index contributed by atoms with van der Waals surface area (Å²) in [7, 11) is 1.73. The second-order valence-corrected chi connectivity index (χ2v) is 7.55. The third-order valence-electron chi connectivity index (χ3n) is 4.96. The van der Waals surface area contributed by atoms with Crippen LogP contribution in [-0.2, 0) is 9.59 Å². The fourth-order valence-electron chi connectivity index (χ4n) is 3.17. The minimum atomic E-state index is -0.212. The maximum atomic E-state index is 12.7.